The van der Waals surface area contributed by atoms with Gasteiger partial charge in [0.15, 0.2) is 0 Å². The van der Waals surface area contributed by atoms with E-state index in [2.05, 4.69) is 10.6 Å². The lowest BCUT2D eigenvalue weighted by molar-refractivity contribution is 0.0923. The summed E-state index contributed by atoms with van der Waals surface area (Å²) in [6.45, 7) is 4.00. The van der Waals surface area contributed by atoms with Crippen molar-refractivity contribution in [2.75, 3.05) is 7.05 Å². The molecule has 0 aliphatic heterocycles. The minimum absolute atomic E-state index is 0.0866. The van der Waals surface area contributed by atoms with Crippen molar-refractivity contribution in [1.29, 1.82) is 0 Å². The Morgan fingerprint density at radius 2 is 1.58 bits per heavy atom. The van der Waals surface area contributed by atoms with Crippen molar-refractivity contribution in [3.8, 4) is 0 Å². The number of benzene rings is 1. The zero-order valence-electron chi connectivity index (χ0n) is 12.1. The first-order valence-corrected chi connectivity index (χ1v) is 7.16. The second-order valence-corrected chi connectivity index (χ2v) is 5.58. The lowest BCUT2D eigenvalue weighted by atomic mass is 9.91. The molecule has 3 nitrogen and oxygen atoms in total. The van der Waals surface area contributed by atoms with E-state index in [0.29, 0.717) is 12.1 Å². The normalized spacial score (nSPS) is 23.1. The van der Waals surface area contributed by atoms with E-state index in [-0.39, 0.29) is 5.91 Å². The molecule has 1 aromatic rings. The van der Waals surface area contributed by atoms with E-state index < -0.39 is 0 Å². The van der Waals surface area contributed by atoms with Crippen LogP contribution in [0.3, 0.4) is 0 Å². The zero-order valence-corrected chi connectivity index (χ0v) is 12.1. The summed E-state index contributed by atoms with van der Waals surface area (Å²) in [6.07, 6.45) is 4.44. The molecule has 1 fully saturated rings. The first-order chi connectivity index (χ1) is 9.11. The topological polar surface area (TPSA) is 41.1 Å². The molecule has 0 bridgehead atoms. The number of nitrogens with one attached hydrogen (secondary N) is 2. The quantitative estimate of drug-likeness (QED) is 0.877. The van der Waals surface area contributed by atoms with Gasteiger partial charge >= 0.3 is 0 Å². The molecule has 0 radical (unpaired) electrons. The predicted octanol–water partition coefficient (Wildman–Crippen LogP) is 2.56. The fourth-order valence-electron chi connectivity index (χ4n) is 2.96. The first kappa shape index (κ1) is 14.1. The lowest BCUT2D eigenvalue weighted by Crippen LogP contribution is -2.41. The van der Waals surface area contributed by atoms with Crippen LogP contribution in [-0.2, 0) is 0 Å². The van der Waals surface area contributed by atoms with Gasteiger partial charge in [0.1, 0.15) is 0 Å². The number of hydrogen-bond acceptors (Lipinski definition) is 2. The van der Waals surface area contributed by atoms with Gasteiger partial charge in [0, 0.05) is 17.6 Å². The van der Waals surface area contributed by atoms with E-state index in [9.17, 15) is 4.79 Å². The van der Waals surface area contributed by atoms with Gasteiger partial charge in [-0.1, -0.05) is 18.2 Å². The molecule has 1 aliphatic rings. The van der Waals surface area contributed by atoms with E-state index in [1.54, 1.807) is 0 Å². The molecule has 0 aromatic heterocycles. The van der Waals surface area contributed by atoms with E-state index in [4.69, 9.17) is 0 Å². The molecule has 0 spiro atoms. The summed E-state index contributed by atoms with van der Waals surface area (Å²) in [5.74, 6) is 0.0866. The van der Waals surface area contributed by atoms with Crippen molar-refractivity contribution >= 4 is 5.91 Å². The third-order valence-electron chi connectivity index (χ3n) is 4.18. The molecule has 1 saturated carbocycles. The van der Waals surface area contributed by atoms with Gasteiger partial charge in [0.25, 0.3) is 5.91 Å². The number of aryl methyl sites for hydroxylation is 2. The molecule has 3 heteroatoms. The van der Waals surface area contributed by atoms with Gasteiger partial charge in [-0.2, -0.15) is 0 Å². The molecular weight excluding hydrogens is 236 g/mol. The van der Waals surface area contributed by atoms with Crippen molar-refractivity contribution in [3.05, 3.63) is 34.9 Å². The lowest BCUT2D eigenvalue weighted by Gasteiger charge is -2.29. The van der Waals surface area contributed by atoms with Crippen LogP contribution in [-0.4, -0.2) is 25.0 Å². The summed E-state index contributed by atoms with van der Waals surface area (Å²) in [7, 11) is 2.01. The van der Waals surface area contributed by atoms with Crippen LogP contribution in [0.5, 0.6) is 0 Å². The molecule has 0 saturated heterocycles. The van der Waals surface area contributed by atoms with Crippen LogP contribution in [0.15, 0.2) is 18.2 Å². The van der Waals surface area contributed by atoms with E-state index >= 15 is 0 Å². The van der Waals surface area contributed by atoms with Crippen molar-refractivity contribution < 1.29 is 4.79 Å². The van der Waals surface area contributed by atoms with Gasteiger partial charge < -0.3 is 10.6 Å². The number of hydrogen-bond donors (Lipinski definition) is 2. The molecule has 2 N–H and O–H groups in total. The van der Waals surface area contributed by atoms with Crippen LogP contribution in [0.25, 0.3) is 0 Å². The fourth-order valence-corrected chi connectivity index (χ4v) is 2.96. The SMILES string of the molecule is CNC1CCC(NC(=O)c2c(C)cccc2C)CC1. The molecule has 0 heterocycles. The van der Waals surface area contributed by atoms with E-state index in [1.807, 2.05) is 39.1 Å². The van der Waals surface area contributed by atoms with Gasteiger partial charge in [0.2, 0.25) is 0 Å². The maximum absolute atomic E-state index is 12.4. The zero-order chi connectivity index (χ0) is 13.8. The fraction of sp³-hybridized carbons (Fsp3) is 0.562. The van der Waals surface area contributed by atoms with Crippen molar-refractivity contribution in [2.24, 2.45) is 0 Å². The average molecular weight is 260 g/mol. The molecule has 1 amide bonds. The Balaban J connectivity index is 1.98. The Morgan fingerprint density at radius 1 is 1.05 bits per heavy atom. The third kappa shape index (κ3) is 3.35. The van der Waals surface area contributed by atoms with Gasteiger partial charge in [-0.05, 0) is 57.7 Å². The van der Waals surface area contributed by atoms with Crippen LogP contribution in [0.1, 0.15) is 47.2 Å². The molecule has 2 rings (SSSR count). The molecule has 0 unspecified atom stereocenters. The van der Waals surface area contributed by atoms with Gasteiger partial charge in [-0.15, -0.1) is 0 Å². The van der Waals surface area contributed by atoms with Crippen LogP contribution >= 0.6 is 0 Å². The number of amides is 1. The van der Waals surface area contributed by atoms with Crippen LogP contribution in [0.4, 0.5) is 0 Å². The Hall–Kier alpha value is -1.35. The molecule has 104 valence electrons. The smallest absolute Gasteiger partial charge is 0.252 e. The predicted molar refractivity (Wildman–Crippen MR) is 78.5 cm³/mol. The number of rotatable bonds is 3. The largest absolute Gasteiger partial charge is 0.349 e. The summed E-state index contributed by atoms with van der Waals surface area (Å²) in [6, 6.07) is 6.95. The van der Waals surface area contributed by atoms with Crippen LogP contribution in [0, 0.1) is 13.8 Å². The van der Waals surface area contributed by atoms with Crippen LogP contribution in [0.2, 0.25) is 0 Å². The minimum Gasteiger partial charge on any atom is -0.349 e. The Bertz CT molecular complexity index is 428. The first-order valence-electron chi connectivity index (χ1n) is 7.16. The van der Waals surface area contributed by atoms with Crippen molar-refractivity contribution in [2.45, 2.75) is 51.6 Å². The van der Waals surface area contributed by atoms with Gasteiger partial charge in [-0.25, -0.2) is 0 Å². The van der Waals surface area contributed by atoms with Gasteiger partial charge in [-0.3, -0.25) is 4.79 Å². The Labute approximate surface area is 115 Å². The monoisotopic (exact) mass is 260 g/mol. The number of carbonyl (C=O) groups is 1. The average Bonchev–Trinajstić information content (AvgIpc) is 2.39. The Kier molecular flexibility index (Phi) is 4.59. The van der Waals surface area contributed by atoms with Crippen LogP contribution < -0.4 is 10.6 Å². The maximum atomic E-state index is 12.4. The van der Waals surface area contributed by atoms with Crippen molar-refractivity contribution in [3.63, 3.8) is 0 Å². The molecule has 19 heavy (non-hydrogen) atoms. The number of carbonyl (C=O) groups excluding carboxylic acids is 1. The Morgan fingerprint density at radius 3 is 2.11 bits per heavy atom. The molecule has 1 aliphatic carbocycles. The van der Waals surface area contributed by atoms with Crippen molar-refractivity contribution in [1.82, 2.24) is 10.6 Å². The maximum Gasteiger partial charge on any atom is 0.252 e. The summed E-state index contributed by atoms with van der Waals surface area (Å²) in [5, 5.41) is 6.51. The van der Waals surface area contributed by atoms with Gasteiger partial charge in [0.05, 0.1) is 0 Å². The molecular formula is C16H24N2O. The standard InChI is InChI=1S/C16H24N2O/c1-11-5-4-6-12(2)15(11)16(19)18-14-9-7-13(17-3)8-10-14/h4-6,13-14,17H,7-10H2,1-3H3,(H,18,19). The summed E-state index contributed by atoms with van der Waals surface area (Å²) < 4.78 is 0. The highest BCUT2D eigenvalue weighted by atomic mass is 16.1. The molecule has 0 atom stereocenters. The van der Waals surface area contributed by atoms with E-state index in [0.717, 1.165) is 42.4 Å². The summed E-state index contributed by atoms with van der Waals surface area (Å²) in [5.41, 5.74) is 2.96. The second kappa shape index (κ2) is 6.20. The molecule has 1 aromatic carbocycles. The second-order valence-electron chi connectivity index (χ2n) is 5.58. The summed E-state index contributed by atoms with van der Waals surface area (Å²) in [4.78, 5) is 12.4. The highest BCUT2D eigenvalue weighted by Gasteiger charge is 2.22. The summed E-state index contributed by atoms with van der Waals surface area (Å²) >= 11 is 0. The minimum atomic E-state index is 0.0866. The highest BCUT2D eigenvalue weighted by Crippen LogP contribution is 2.20. The third-order valence-corrected chi connectivity index (χ3v) is 4.18. The van der Waals surface area contributed by atoms with E-state index in [1.165, 1.54) is 0 Å². The highest BCUT2D eigenvalue weighted by molar-refractivity contribution is 5.97.